The van der Waals surface area contributed by atoms with Crippen molar-refractivity contribution in [2.75, 3.05) is 6.61 Å². The number of nitrogens with two attached hydrogens (primary N) is 1. The minimum atomic E-state index is -0.579. The molecule has 3 N–H and O–H groups in total. The van der Waals surface area contributed by atoms with Crippen molar-refractivity contribution in [3.63, 3.8) is 0 Å². The van der Waals surface area contributed by atoms with Crippen molar-refractivity contribution < 1.29 is 5.11 Å². The molecule has 2 aromatic rings. The summed E-state index contributed by atoms with van der Waals surface area (Å²) in [5.74, 6) is 0. The maximum absolute atomic E-state index is 9.19. The number of aryl methyl sites for hydroxylation is 1. The Hall–Kier alpha value is -1.39. The molecule has 0 radical (unpaired) electrons. The van der Waals surface area contributed by atoms with Crippen molar-refractivity contribution in [2.45, 2.75) is 18.9 Å². The average molecular weight is 219 g/mol. The van der Waals surface area contributed by atoms with Crippen molar-refractivity contribution in [1.29, 1.82) is 0 Å². The second-order valence-electron chi connectivity index (χ2n) is 4.63. The van der Waals surface area contributed by atoms with Crippen LogP contribution >= 0.6 is 0 Å². The standard InChI is InChI=1S/C12H17N3O/c1-12(13,8-16)6-9-7-15(2)11-10(9)4-3-5-14-11/h3-5,7,16H,6,8,13H2,1-2H3. The van der Waals surface area contributed by atoms with E-state index in [1.807, 2.05) is 36.9 Å². The molecular weight excluding hydrogens is 202 g/mol. The van der Waals surface area contributed by atoms with Gasteiger partial charge in [0.15, 0.2) is 0 Å². The Morgan fingerprint density at radius 2 is 2.31 bits per heavy atom. The smallest absolute Gasteiger partial charge is 0.139 e. The highest BCUT2D eigenvalue weighted by Gasteiger charge is 2.20. The molecule has 0 saturated carbocycles. The lowest BCUT2D eigenvalue weighted by molar-refractivity contribution is 0.208. The Morgan fingerprint density at radius 3 is 3.00 bits per heavy atom. The quantitative estimate of drug-likeness (QED) is 0.803. The first-order valence-corrected chi connectivity index (χ1v) is 5.32. The van der Waals surface area contributed by atoms with E-state index in [2.05, 4.69) is 4.98 Å². The van der Waals surface area contributed by atoms with Gasteiger partial charge >= 0.3 is 0 Å². The summed E-state index contributed by atoms with van der Waals surface area (Å²) in [7, 11) is 1.96. The molecule has 86 valence electrons. The first-order valence-electron chi connectivity index (χ1n) is 5.32. The molecule has 0 aliphatic carbocycles. The zero-order valence-corrected chi connectivity index (χ0v) is 9.64. The Labute approximate surface area is 94.7 Å². The Kier molecular flexibility index (Phi) is 2.69. The largest absolute Gasteiger partial charge is 0.394 e. The third-order valence-corrected chi connectivity index (χ3v) is 2.77. The monoisotopic (exact) mass is 219 g/mol. The molecule has 0 aromatic carbocycles. The summed E-state index contributed by atoms with van der Waals surface area (Å²) in [4.78, 5) is 4.32. The summed E-state index contributed by atoms with van der Waals surface area (Å²) in [5, 5.41) is 10.3. The lowest BCUT2D eigenvalue weighted by Gasteiger charge is -2.20. The van der Waals surface area contributed by atoms with E-state index in [4.69, 9.17) is 5.73 Å². The van der Waals surface area contributed by atoms with Crippen LogP contribution in [0.3, 0.4) is 0 Å². The molecule has 0 fully saturated rings. The highest BCUT2D eigenvalue weighted by Crippen LogP contribution is 2.21. The van der Waals surface area contributed by atoms with Gasteiger partial charge in [-0.25, -0.2) is 4.98 Å². The van der Waals surface area contributed by atoms with Crippen LogP contribution in [0.5, 0.6) is 0 Å². The minimum Gasteiger partial charge on any atom is -0.394 e. The molecule has 0 amide bonds. The molecule has 1 atom stereocenters. The lowest BCUT2D eigenvalue weighted by Crippen LogP contribution is -2.42. The van der Waals surface area contributed by atoms with Crippen LogP contribution in [0, 0.1) is 0 Å². The first-order chi connectivity index (χ1) is 7.53. The van der Waals surface area contributed by atoms with Crippen LogP contribution in [0.25, 0.3) is 11.0 Å². The van der Waals surface area contributed by atoms with E-state index in [1.54, 1.807) is 6.20 Å². The predicted molar refractivity (Wildman–Crippen MR) is 64.1 cm³/mol. The second-order valence-corrected chi connectivity index (χ2v) is 4.63. The normalized spacial score (nSPS) is 15.2. The van der Waals surface area contributed by atoms with Crippen LogP contribution in [-0.4, -0.2) is 26.8 Å². The number of pyridine rings is 1. The number of aliphatic hydroxyl groups is 1. The number of aliphatic hydroxyl groups excluding tert-OH is 1. The predicted octanol–water partition coefficient (Wildman–Crippen LogP) is 0.825. The molecule has 0 spiro atoms. The van der Waals surface area contributed by atoms with Crippen LogP contribution in [-0.2, 0) is 13.5 Å². The van der Waals surface area contributed by atoms with Gasteiger partial charge in [-0.05, 0) is 31.0 Å². The van der Waals surface area contributed by atoms with Gasteiger partial charge in [0.1, 0.15) is 5.65 Å². The summed E-state index contributed by atoms with van der Waals surface area (Å²) in [6.45, 7) is 1.83. The van der Waals surface area contributed by atoms with Gasteiger partial charge in [0.25, 0.3) is 0 Å². The second kappa shape index (κ2) is 3.88. The van der Waals surface area contributed by atoms with Crippen molar-refractivity contribution >= 4 is 11.0 Å². The van der Waals surface area contributed by atoms with Crippen molar-refractivity contribution in [3.8, 4) is 0 Å². The van der Waals surface area contributed by atoms with Crippen molar-refractivity contribution in [2.24, 2.45) is 12.8 Å². The van der Waals surface area contributed by atoms with Crippen molar-refractivity contribution in [1.82, 2.24) is 9.55 Å². The Balaban J connectivity index is 2.46. The minimum absolute atomic E-state index is 0.0242. The van der Waals surface area contributed by atoms with Gasteiger partial charge in [-0.15, -0.1) is 0 Å². The summed E-state index contributed by atoms with van der Waals surface area (Å²) in [6, 6.07) is 3.95. The molecular formula is C12H17N3O. The average Bonchev–Trinajstić information content (AvgIpc) is 2.56. The van der Waals surface area contributed by atoms with Crippen LogP contribution in [0.2, 0.25) is 0 Å². The molecule has 2 heterocycles. The molecule has 0 bridgehead atoms. The van der Waals surface area contributed by atoms with Crippen LogP contribution in [0.1, 0.15) is 12.5 Å². The molecule has 2 aromatic heterocycles. The van der Waals surface area contributed by atoms with Gasteiger partial charge < -0.3 is 15.4 Å². The van der Waals surface area contributed by atoms with Gasteiger partial charge in [-0.3, -0.25) is 0 Å². The fourth-order valence-corrected chi connectivity index (χ4v) is 1.92. The summed E-state index contributed by atoms with van der Waals surface area (Å²) in [5.41, 5.74) is 7.47. The first kappa shape index (κ1) is 11.1. The maximum Gasteiger partial charge on any atom is 0.139 e. The van der Waals surface area contributed by atoms with Crippen LogP contribution in [0.15, 0.2) is 24.5 Å². The highest BCUT2D eigenvalue weighted by atomic mass is 16.3. The molecule has 0 aliphatic rings. The fraction of sp³-hybridized carbons (Fsp3) is 0.417. The number of nitrogens with zero attached hydrogens (tertiary/aromatic N) is 2. The van der Waals surface area contributed by atoms with Crippen LogP contribution < -0.4 is 5.73 Å². The highest BCUT2D eigenvalue weighted by molar-refractivity contribution is 5.80. The van der Waals surface area contributed by atoms with E-state index in [-0.39, 0.29) is 6.61 Å². The number of hydrogen-bond acceptors (Lipinski definition) is 3. The molecule has 4 nitrogen and oxygen atoms in total. The molecule has 4 heteroatoms. The van der Waals surface area contributed by atoms with E-state index in [1.165, 1.54) is 0 Å². The van der Waals surface area contributed by atoms with Gasteiger partial charge in [-0.1, -0.05) is 0 Å². The third kappa shape index (κ3) is 1.94. The molecule has 0 saturated heterocycles. The summed E-state index contributed by atoms with van der Waals surface area (Å²) < 4.78 is 1.98. The molecule has 0 aliphatic heterocycles. The Morgan fingerprint density at radius 1 is 1.56 bits per heavy atom. The SMILES string of the molecule is Cn1cc(CC(C)(N)CO)c2cccnc21. The number of fused-ring (bicyclic) bond motifs is 1. The van der Waals surface area contributed by atoms with Gasteiger partial charge in [-0.2, -0.15) is 0 Å². The molecule has 2 rings (SSSR count). The topological polar surface area (TPSA) is 64.1 Å². The Bertz CT molecular complexity index is 502. The van der Waals surface area contributed by atoms with Gasteiger partial charge in [0.05, 0.1) is 6.61 Å². The van der Waals surface area contributed by atoms with Crippen LogP contribution in [0.4, 0.5) is 0 Å². The zero-order valence-electron chi connectivity index (χ0n) is 9.64. The van der Waals surface area contributed by atoms with E-state index in [0.29, 0.717) is 6.42 Å². The zero-order chi connectivity index (χ0) is 11.8. The van der Waals surface area contributed by atoms with Gasteiger partial charge in [0, 0.05) is 30.4 Å². The van der Waals surface area contributed by atoms with E-state index >= 15 is 0 Å². The summed E-state index contributed by atoms with van der Waals surface area (Å²) in [6.07, 6.45) is 4.45. The van der Waals surface area contributed by atoms with E-state index < -0.39 is 5.54 Å². The van der Waals surface area contributed by atoms with E-state index in [0.717, 1.165) is 16.6 Å². The lowest BCUT2D eigenvalue weighted by atomic mass is 9.95. The van der Waals surface area contributed by atoms with E-state index in [9.17, 15) is 5.11 Å². The maximum atomic E-state index is 9.19. The number of hydrogen-bond donors (Lipinski definition) is 2. The van der Waals surface area contributed by atoms with Gasteiger partial charge in [0.2, 0.25) is 0 Å². The van der Waals surface area contributed by atoms with Crippen molar-refractivity contribution in [3.05, 3.63) is 30.1 Å². The number of rotatable bonds is 3. The fourth-order valence-electron chi connectivity index (χ4n) is 1.92. The molecule has 1 unspecified atom stereocenters. The molecule has 16 heavy (non-hydrogen) atoms. The third-order valence-electron chi connectivity index (χ3n) is 2.77. The number of aromatic nitrogens is 2. The summed E-state index contributed by atoms with van der Waals surface area (Å²) >= 11 is 0.